The van der Waals surface area contributed by atoms with E-state index < -0.39 is 23.2 Å². The predicted octanol–water partition coefficient (Wildman–Crippen LogP) is 2.99. The average molecular weight is 462 g/mol. The first kappa shape index (κ1) is 20.8. The standard InChI is InChI=1S/C22H25F3N6O2/c23-22(24,25)15-5-14(10-27-18(15)26)16-6-17-21(33-4-3-31(17)29-16)1-2-30(12-21)19(32)28-11-20-7-13(8-20)9-20/h5-6,10,13H,1-4,7-9,11-12H2,(H2,26,27)(H,28,32). The monoisotopic (exact) mass is 462 g/mol. The highest BCUT2D eigenvalue weighted by Gasteiger charge is 2.56. The summed E-state index contributed by atoms with van der Waals surface area (Å²) in [7, 11) is 0. The third-order valence-electron chi connectivity index (χ3n) is 7.75. The fourth-order valence-corrected chi connectivity index (χ4v) is 5.87. The number of carbonyl (C=O) groups is 1. The summed E-state index contributed by atoms with van der Waals surface area (Å²) >= 11 is 0. The number of rotatable bonds is 3. The third kappa shape index (κ3) is 3.27. The highest BCUT2D eigenvalue weighted by Crippen LogP contribution is 2.63. The molecule has 0 aromatic carbocycles. The van der Waals surface area contributed by atoms with E-state index >= 15 is 0 Å². The van der Waals surface area contributed by atoms with Crippen molar-refractivity contribution < 1.29 is 22.7 Å². The van der Waals surface area contributed by atoms with Crippen molar-refractivity contribution in [2.45, 2.75) is 44.0 Å². The first-order valence-corrected chi connectivity index (χ1v) is 11.2. The lowest BCUT2D eigenvalue weighted by atomic mass is 9.44. The number of pyridine rings is 1. The fourth-order valence-electron chi connectivity index (χ4n) is 5.87. The third-order valence-corrected chi connectivity index (χ3v) is 7.75. The number of amides is 2. The molecule has 33 heavy (non-hydrogen) atoms. The number of hydrogen-bond acceptors (Lipinski definition) is 5. The maximum absolute atomic E-state index is 13.3. The summed E-state index contributed by atoms with van der Waals surface area (Å²) in [5, 5.41) is 7.61. The Balaban J connectivity index is 1.22. The largest absolute Gasteiger partial charge is 0.419 e. The van der Waals surface area contributed by atoms with Gasteiger partial charge in [0.1, 0.15) is 11.4 Å². The average Bonchev–Trinajstić information content (AvgIpc) is 3.31. The van der Waals surface area contributed by atoms with Gasteiger partial charge in [-0.2, -0.15) is 18.3 Å². The first-order chi connectivity index (χ1) is 15.7. The van der Waals surface area contributed by atoms with E-state index in [0.29, 0.717) is 43.8 Å². The minimum absolute atomic E-state index is 0.0883. The van der Waals surface area contributed by atoms with Crippen molar-refractivity contribution in [3.63, 3.8) is 0 Å². The molecule has 2 amide bonds. The molecule has 8 nitrogen and oxygen atoms in total. The maximum atomic E-state index is 13.3. The summed E-state index contributed by atoms with van der Waals surface area (Å²) in [6, 6.07) is 2.63. The van der Waals surface area contributed by atoms with Crippen LogP contribution in [0.15, 0.2) is 18.3 Å². The Morgan fingerprint density at radius 3 is 2.76 bits per heavy atom. The Morgan fingerprint density at radius 2 is 2.06 bits per heavy atom. The van der Waals surface area contributed by atoms with E-state index in [2.05, 4.69) is 15.4 Å². The molecule has 2 aliphatic heterocycles. The van der Waals surface area contributed by atoms with Gasteiger partial charge in [0.25, 0.3) is 0 Å². The van der Waals surface area contributed by atoms with Crippen LogP contribution in [0.3, 0.4) is 0 Å². The van der Waals surface area contributed by atoms with Gasteiger partial charge in [-0.05, 0) is 42.7 Å². The van der Waals surface area contributed by atoms with Gasteiger partial charge < -0.3 is 20.7 Å². The molecule has 4 heterocycles. The van der Waals surface area contributed by atoms with Crippen molar-refractivity contribution in [2.75, 3.05) is 32.0 Å². The molecule has 3 N–H and O–H groups in total. The number of nitrogens with two attached hydrogens (primary N) is 1. The molecule has 4 fully saturated rings. The summed E-state index contributed by atoms with van der Waals surface area (Å²) in [5.41, 5.74) is 5.44. The molecule has 1 atom stereocenters. The lowest BCUT2D eigenvalue weighted by molar-refractivity contribution is -0.137. The maximum Gasteiger partial charge on any atom is 0.419 e. The van der Waals surface area contributed by atoms with Gasteiger partial charge in [-0.15, -0.1) is 0 Å². The molecule has 7 rings (SSSR count). The molecule has 3 saturated carbocycles. The van der Waals surface area contributed by atoms with Crippen molar-refractivity contribution >= 4 is 11.8 Å². The SMILES string of the molecule is Nc1ncc(-c2cc3n(n2)CCOC32CCN(C(=O)NCC34CC(C3)C4)C2)cc1C(F)(F)F. The molecule has 3 aliphatic carbocycles. The van der Waals surface area contributed by atoms with Gasteiger partial charge in [0.05, 0.1) is 36.6 Å². The van der Waals surface area contributed by atoms with Gasteiger partial charge in [-0.25, -0.2) is 9.78 Å². The number of ether oxygens (including phenoxy) is 1. The molecule has 1 saturated heterocycles. The van der Waals surface area contributed by atoms with Gasteiger partial charge in [0, 0.05) is 31.3 Å². The number of carbonyl (C=O) groups excluding carboxylic acids is 1. The number of likely N-dealkylation sites (tertiary alicyclic amines) is 1. The Hall–Kier alpha value is -2.82. The van der Waals surface area contributed by atoms with Crippen LogP contribution in [0.2, 0.25) is 0 Å². The summed E-state index contributed by atoms with van der Waals surface area (Å²) in [6.07, 6.45) is 0.961. The zero-order valence-corrected chi connectivity index (χ0v) is 18.0. The molecule has 5 aliphatic rings. The van der Waals surface area contributed by atoms with Crippen LogP contribution >= 0.6 is 0 Å². The van der Waals surface area contributed by atoms with Crippen molar-refractivity contribution in [2.24, 2.45) is 11.3 Å². The van der Waals surface area contributed by atoms with Gasteiger partial charge in [-0.3, -0.25) is 4.68 Å². The van der Waals surface area contributed by atoms with Crippen molar-refractivity contribution in [3.05, 3.63) is 29.6 Å². The van der Waals surface area contributed by atoms with Crippen LogP contribution in [0, 0.1) is 11.3 Å². The van der Waals surface area contributed by atoms with Crippen molar-refractivity contribution in [3.8, 4) is 11.3 Å². The topological polar surface area (TPSA) is 98.3 Å². The van der Waals surface area contributed by atoms with Crippen LogP contribution in [0.5, 0.6) is 0 Å². The quantitative estimate of drug-likeness (QED) is 0.731. The molecule has 176 valence electrons. The number of aromatic nitrogens is 3. The first-order valence-electron chi connectivity index (χ1n) is 11.2. The molecule has 11 heteroatoms. The normalized spacial score (nSPS) is 30.0. The summed E-state index contributed by atoms with van der Waals surface area (Å²) < 4.78 is 47.8. The van der Waals surface area contributed by atoms with Crippen molar-refractivity contribution in [1.29, 1.82) is 0 Å². The van der Waals surface area contributed by atoms with Gasteiger partial charge in [0.2, 0.25) is 0 Å². The van der Waals surface area contributed by atoms with E-state index in [1.165, 1.54) is 25.5 Å². The number of nitrogen functional groups attached to an aromatic ring is 1. The fraction of sp³-hybridized carbons (Fsp3) is 0.591. The molecule has 1 unspecified atom stereocenters. The lowest BCUT2D eigenvalue weighted by Gasteiger charge is -2.62. The van der Waals surface area contributed by atoms with Crippen molar-refractivity contribution in [1.82, 2.24) is 25.0 Å². The zero-order valence-electron chi connectivity index (χ0n) is 18.0. The van der Waals surface area contributed by atoms with Crippen LogP contribution < -0.4 is 11.1 Å². The molecule has 2 aromatic rings. The van der Waals surface area contributed by atoms with E-state index in [1.54, 1.807) is 15.6 Å². The number of halogens is 3. The highest BCUT2D eigenvalue weighted by atomic mass is 19.4. The van der Waals surface area contributed by atoms with Gasteiger partial charge >= 0.3 is 12.2 Å². The van der Waals surface area contributed by atoms with Crippen LogP contribution in [0.4, 0.5) is 23.8 Å². The Labute approximate surface area is 188 Å². The van der Waals surface area contributed by atoms with Crippen LogP contribution in [0.25, 0.3) is 11.3 Å². The Bertz CT molecular complexity index is 1110. The number of nitrogens with zero attached hydrogens (tertiary/aromatic N) is 4. The molecule has 0 radical (unpaired) electrons. The Morgan fingerprint density at radius 1 is 1.27 bits per heavy atom. The second-order valence-corrected chi connectivity index (χ2v) is 9.94. The van der Waals surface area contributed by atoms with E-state index in [1.807, 2.05) is 0 Å². The smallest absolute Gasteiger partial charge is 0.383 e. The molecular formula is C22H25F3N6O2. The second-order valence-electron chi connectivity index (χ2n) is 9.94. The van der Waals surface area contributed by atoms with E-state index in [0.717, 1.165) is 24.2 Å². The van der Waals surface area contributed by atoms with E-state index in [9.17, 15) is 18.0 Å². The van der Waals surface area contributed by atoms with Crippen LogP contribution in [-0.2, 0) is 23.1 Å². The minimum atomic E-state index is -4.60. The number of hydrogen-bond donors (Lipinski definition) is 2. The summed E-state index contributed by atoms with van der Waals surface area (Å²) in [4.78, 5) is 18.3. The van der Waals surface area contributed by atoms with Crippen LogP contribution in [0.1, 0.15) is 36.9 Å². The van der Waals surface area contributed by atoms with E-state index in [4.69, 9.17) is 10.5 Å². The zero-order chi connectivity index (χ0) is 23.0. The van der Waals surface area contributed by atoms with Gasteiger partial charge in [-0.1, -0.05) is 0 Å². The number of anilines is 1. The molecule has 2 aromatic heterocycles. The number of alkyl halides is 3. The number of nitrogens with one attached hydrogen (secondary N) is 1. The van der Waals surface area contributed by atoms with Gasteiger partial charge in [0.15, 0.2) is 0 Å². The molecular weight excluding hydrogens is 437 g/mol. The summed E-state index contributed by atoms with van der Waals surface area (Å²) in [5.74, 6) is 0.303. The van der Waals surface area contributed by atoms with Crippen LogP contribution in [-0.4, -0.2) is 51.9 Å². The summed E-state index contributed by atoms with van der Waals surface area (Å²) in [6.45, 7) is 2.56. The minimum Gasteiger partial charge on any atom is -0.383 e. The highest BCUT2D eigenvalue weighted by molar-refractivity contribution is 5.75. The number of urea groups is 1. The second kappa shape index (κ2) is 6.85. The molecule has 2 bridgehead atoms. The Kier molecular flexibility index (Phi) is 4.31. The van der Waals surface area contributed by atoms with E-state index in [-0.39, 0.29) is 11.6 Å². The lowest BCUT2D eigenvalue weighted by Crippen LogP contribution is -2.58. The number of fused-ring (bicyclic) bond motifs is 2. The molecule has 1 spiro atoms. The predicted molar refractivity (Wildman–Crippen MR) is 112 cm³/mol.